The zero-order valence-corrected chi connectivity index (χ0v) is 11.9. The van der Waals surface area contributed by atoms with Gasteiger partial charge in [0.25, 0.3) is 0 Å². The minimum absolute atomic E-state index is 0.158. The maximum atomic E-state index is 9.49. The number of hydrogen-bond donors (Lipinski definition) is 2. The topological polar surface area (TPSA) is 38.7 Å². The maximum absolute atomic E-state index is 9.49. The Morgan fingerprint density at radius 2 is 1.82 bits per heavy atom. The predicted octanol–water partition coefficient (Wildman–Crippen LogP) is 0.373. The first-order valence-corrected chi connectivity index (χ1v) is 6.83. The van der Waals surface area contributed by atoms with Gasteiger partial charge in [0.2, 0.25) is 0 Å². The normalized spacial score (nSPS) is 22.9. The molecule has 0 aliphatic carbocycles. The lowest BCUT2D eigenvalue weighted by atomic mass is 10.0. The Hall–Kier alpha value is -0.160. The quantitative estimate of drug-likeness (QED) is 0.707. The third-order valence-corrected chi connectivity index (χ3v) is 3.66. The van der Waals surface area contributed by atoms with Crippen LogP contribution in [0.15, 0.2) is 0 Å². The van der Waals surface area contributed by atoms with Crippen molar-refractivity contribution in [2.24, 2.45) is 0 Å². The van der Waals surface area contributed by atoms with Gasteiger partial charge < -0.3 is 10.4 Å². The van der Waals surface area contributed by atoms with Crippen molar-refractivity contribution >= 4 is 0 Å². The fraction of sp³-hybridized carbons (Fsp3) is 1.00. The molecule has 1 unspecified atom stereocenters. The van der Waals surface area contributed by atoms with Crippen LogP contribution in [0.25, 0.3) is 0 Å². The lowest BCUT2D eigenvalue weighted by molar-refractivity contribution is 0.0679. The van der Waals surface area contributed by atoms with Crippen LogP contribution in [0, 0.1) is 0 Å². The van der Waals surface area contributed by atoms with E-state index in [4.69, 9.17) is 0 Å². The molecule has 0 radical (unpaired) electrons. The molecule has 1 rings (SSSR count). The molecular formula is C13H29N3O. The minimum atomic E-state index is -0.158. The molecule has 0 aromatic carbocycles. The van der Waals surface area contributed by atoms with Gasteiger partial charge in [-0.05, 0) is 27.3 Å². The second-order valence-electron chi connectivity index (χ2n) is 5.65. The molecule has 0 bridgehead atoms. The zero-order chi connectivity index (χ0) is 12.9. The van der Waals surface area contributed by atoms with E-state index in [1.54, 1.807) is 0 Å². The van der Waals surface area contributed by atoms with Gasteiger partial charge in [-0.2, -0.15) is 0 Å². The number of aliphatic hydroxyl groups excluding tert-OH is 1. The third-order valence-electron chi connectivity index (χ3n) is 3.66. The van der Waals surface area contributed by atoms with Gasteiger partial charge in [-0.1, -0.05) is 6.92 Å². The first-order valence-electron chi connectivity index (χ1n) is 6.83. The van der Waals surface area contributed by atoms with Crippen LogP contribution in [0.4, 0.5) is 0 Å². The van der Waals surface area contributed by atoms with Crippen LogP contribution < -0.4 is 5.32 Å². The predicted molar refractivity (Wildman–Crippen MR) is 72.3 cm³/mol. The van der Waals surface area contributed by atoms with E-state index in [1.807, 2.05) is 0 Å². The van der Waals surface area contributed by atoms with Crippen LogP contribution in [-0.4, -0.2) is 72.4 Å². The highest BCUT2D eigenvalue weighted by Crippen LogP contribution is 2.10. The molecule has 0 saturated carbocycles. The second kappa shape index (κ2) is 6.69. The Balaban J connectivity index is 2.38. The Morgan fingerprint density at radius 3 is 2.24 bits per heavy atom. The van der Waals surface area contributed by atoms with Crippen molar-refractivity contribution in [2.45, 2.75) is 39.3 Å². The number of hydrogen-bond acceptors (Lipinski definition) is 4. The standard InChI is InChI=1S/C13H29N3O/c1-5-14-13(4,11-17)10-15-6-8-16(9-7-15)12(2)3/h12,14,17H,5-11H2,1-4H3. The van der Waals surface area contributed by atoms with E-state index in [1.165, 1.54) is 0 Å². The van der Waals surface area contributed by atoms with Crippen molar-refractivity contribution in [1.29, 1.82) is 0 Å². The van der Waals surface area contributed by atoms with E-state index in [0.717, 1.165) is 39.3 Å². The number of piperazine rings is 1. The largest absolute Gasteiger partial charge is 0.394 e. The molecule has 1 atom stereocenters. The van der Waals surface area contributed by atoms with Crippen LogP contribution in [0.1, 0.15) is 27.7 Å². The molecule has 0 aromatic rings. The highest BCUT2D eigenvalue weighted by molar-refractivity contribution is 4.87. The summed E-state index contributed by atoms with van der Waals surface area (Å²) in [7, 11) is 0. The zero-order valence-electron chi connectivity index (χ0n) is 11.9. The van der Waals surface area contributed by atoms with E-state index in [-0.39, 0.29) is 12.1 Å². The summed E-state index contributed by atoms with van der Waals surface area (Å²) in [6.45, 7) is 15.3. The van der Waals surface area contributed by atoms with Gasteiger partial charge in [-0.15, -0.1) is 0 Å². The lowest BCUT2D eigenvalue weighted by Crippen LogP contribution is -2.58. The van der Waals surface area contributed by atoms with Gasteiger partial charge in [-0.3, -0.25) is 9.80 Å². The monoisotopic (exact) mass is 243 g/mol. The summed E-state index contributed by atoms with van der Waals surface area (Å²) >= 11 is 0. The van der Waals surface area contributed by atoms with Crippen LogP contribution in [0.3, 0.4) is 0 Å². The molecule has 1 aliphatic rings. The first-order chi connectivity index (χ1) is 8.00. The fourth-order valence-corrected chi connectivity index (χ4v) is 2.52. The summed E-state index contributed by atoms with van der Waals surface area (Å²) < 4.78 is 0. The maximum Gasteiger partial charge on any atom is 0.0623 e. The number of rotatable bonds is 6. The molecule has 4 nitrogen and oxygen atoms in total. The Morgan fingerprint density at radius 1 is 1.24 bits per heavy atom. The summed E-state index contributed by atoms with van der Waals surface area (Å²) in [6.07, 6.45) is 0. The average molecular weight is 243 g/mol. The summed E-state index contributed by atoms with van der Waals surface area (Å²) in [6, 6.07) is 0.648. The molecule has 1 heterocycles. The second-order valence-corrected chi connectivity index (χ2v) is 5.65. The number of likely N-dealkylation sites (N-methyl/N-ethyl adjacent to an activating group) is 1. The third kappa shape index (κ3) is 4.54. The van der Waals surface area contributed by atoms with Gasteiger partial charge in [0.15, 0.2) is 0 Å². The summed E-state index contributed by atoms with van der Waals surface area (Å²) in [5, 5.41) is 12.9. The van der Waals surface area contributed by atoms with Gasteiger partial charge in [0.1, 0.15) is 0 Å². The first kappa shape index (κ1) is 14.9. The van der Waals surface area contributed by atoms with Crippen molar-refractivity contribution in [1.82, 2.24) is 15.1 Å². The molecular weight excluding hydrogens is 214 g/mol. The summed E-state index contributed by atoms with van der Waals surface area (Å²) in [4.78, 5) is 4.97. The van der Waals surface area contributed by atoms with Gasteiger partial charge in [0, 0.05) is 38.8 Å². The Bertz CT molecular complexity index is 215. The molecule has 1 aliphatic heterocycles. The smallest absolute Gasteiger partial charge is 0.0623 e. The van der Waals surface area contributed by atoms with Crippen LogP contribution >= 0.6 is 0 Å². The molecule has 17 heavy (non-hydrogen) atoms. The van der Waals surface area contributed by atoms with Crippen LogP contribution in [0.5, 0.6) is 0 Å². The Labute approximate surface area is 106 Å². The lowest BCUT2D eigenvalue weighted by Gasteiger charge is -2.41. The van der Waals surface area contributed by atoms with Gasteiger partial charge >= 0.3 is 0 Å². The van der Waals surface area contributed by atoms with Crippen LogP contribution in [0.2, 0.25) is 0 Å². The summed E-state index contributed by atoms with van der Waals surface area (Å²) in [5.41, 5.74) is -0.158. The molecule has 1 saturated heterocycles. The molecule has 0 aromatic heterocycles. The molecule has 0 spiro atoms. The van der Waals surface area contributed by atoms with Crippen molar-refractivity contribution in [3.05, 3.63) is 0 Å². The minimum Gasteiger partial charge on any atom is -0.394 e. The fourth-order valence-electron chi connectivity index (χ4n) is 2.52. The van der Waals surface area contributed by atoms with E-state index >= 15 is 0 Å². The van der Waals surface area contributed by atoms with Crippen molar-refractivity contribution in [3.8, 4) is 0 Å². The number of nitrogens with one attached hydrogen (secondary N) is 1. The number of nitrogens with zero attached hydrogens (tertiary/aromatic N) is 2. The van der Waals surface area contributed by atoms with Crippen molar-refractivity contribution in [2.75, 3.05) is 45.9 Å². The Kier molecular flexibility index (Phi) is 5.86. The highest BCUT2D eigenvalue weighted by Gasteiger charge is 2.27. The molecule has 1 fully saturated rings. The number of aliphatic hydroxyl groups is 1. The van der Waals surface area contributed by atoms with Crippen molar-refractivity contribution in [3.63, 3.8) is 0 Å². The van der Waals surface area contributed by atoms with E-state index in [0.29, 0.717) is 6.04 Å². The van der Waals surface area contributed by atoms with Crippen molar-refractivity contribution < 1.29 is 5.11 Å². The summed E-state index contributed by atoms with van der Waals surface area (Å²) in [5.74, 6) is 0. The van der Waals surface area contributed by atoms with Gasteiger partial charge in [0.05, 0.1) is 12.1 Å². The molecule has 2 N–H and O–H groups in total. The average Bonchev–Trinajstić information content (AvgIpc) is 2.30. The van der Waals surface area contributed by atoms with E-state index < -0.39 is 0 Å². The molecule has 102 valence electrons. The highest BCUT2D eigenvalue weighted by atomic mass is 16.3. The van der Waals surface area contributed by atoms with Gasteiger partial charge in [-0.25, -0.2) is 0 Å². The van der Waals surface area contributed by atoms with Crippen LogP contribution in [-0.2, 0) is 0 Å². The van der Waals surface area contributed by atoms with E-state index in [2.05, 4.69) is 42.8 Å². The molecule has 0 amide bonds. The SMILES string of the molecule is CCNC(C)(CO)CN1CCN(C(C)C)CC1. The van der Waals surface area contributed by atoms with E-state index in [9.17, 15) is 5.11 Å². The molecule has 4 heteroatoms.